The third-order valence-corrected chi connectivity index (χ3v) is 4.61. The molecule has 0 radical (unpaired) electrons. The molecule has 0 amide bonds. The molecule has 0 atom stereocenters. The molecule has 1 aliphatic heterocycles. The van der Waals surface area contributed by atoms with Crippen molar-refractivity contribution in [2.24, 2.45) is 5.73 Å². The summed E-state index contributed by atoms with van der Waals surface area (Å²) in [5.74, 6) is 0.508. The van der Waals surface area contributed by atoms with Crippen LogP contribution in [0, 0.1) is 16.2 Å². The molecule has 0 unspecified atom stereocenters. The summed E-state index contributed by atoms with van der Waals surface area (Å²) in [6.07, 6.45) is 3.32. The van der Waals surface area contributed by atoms with Gasteiger partial charge in [0.2, 0.25) is 0 Å². The second-order valence-electron chi connectivity index (χ2n) is 6.38. The van der Waals surface area contributed by atoms with Gasteiger partial charge in [-0.25, -0.2) is 0 Å². The smallest absolute Gasteiger partial charge is 0.132 e. The molecule has 0 spiro atoms. The summed E-state index contributed by atoms with van der Waals surface area (Å²) < 4.78 is 5.72. The van der Waals surface area contributed by atoms with E-state index >= 15 is 0 Å². The van der Waals surface area contributed by atoms with Gasteiger partial charge >= 0.3 is 0 Å². The molecular weight excluding hydrogens is 338 g/mol. The second kappa shape index (κ2) is 7.97. The summed E-state index contributed by atoms with van der Waals surface area (Å²) in [4.78, 5) is 1.61. The van der Waals surface area contributed by atoms with Crippen LogP contribution < -0.4 is 10.6 Å². The lowest BCUT2D eigenvalue weighted by Gasteiger charge is -2.25. The van der Waals surface area contributed by atoms with Gasteiger partial charge in [0, 0.05) is 23.6 Å². The quantitative estimate of drug-likeness (QED) is 0.494. The summed E-state index contributed by atoms with van der Waals surface area (Å²) in [6, 6.07) is 13.9. The molecule has 0 saturated heterocycles. The van der Waals surface area contributed by atoms with Crippen molar-refractivity contribution in [1.29, 1.82) is 16.2 Å². The van der Waals surface area contributed by atoms with Gasteiger partial charge in [0.1, 0.15) is 18.3 Å². The molecule has 0 fully saturated rings. The normalized spacial score (nSPS) is 14.5. The minimum absolute atomic E-state index is 0.148. The van der Waals surface area contributed by atoms with Gasteiger partial charge in [-0.1, -0.05) is 36.4 Å². The number of benzene rings is 2. The van der Waals surface area contributed by atoms with Crippen molar-refractivity contribution in [1.82, 2.24) is 0 Å². The average molecular weight is 361 g/mol. The Hall–Kier alpha value is -3.25. The van der Waals surface area contributed by atoms with Crippen LogP contribution in [-0.2, 0) is 17.8 Å². The minimum Gasteiger partial charge on any atom is -0.404 e. The Bertz CT molecular complexity index is 918. The predicted octanol–water partition coefficient (Wildman–Crippen LogP) is 3.54. The Balaban J connectivity index is 2.24. The van der Waals surface area contributed by atoms with E-state index in [9.17, 15) is 0 Å². The molecule has 0 aliphatic carbocycles. The zero-order chi connectivity index (χ0) is 19.4. The third-order valence-electron chi connectivity index (χ3n) is 4.61. The van der Waals surface area contributed by atoms with Crippen LogP contribution in [0.2, 0.25) is 0 Å². The van der Waals surface area contributed by atoms with Gasteiger partial charge in [-0.3, -0.25) is 15.7 Å². The van der Waals surface area contributed by atoms with Crippen molar-refractivity contribution in [3.63, 3.8) is 0 Å². The lowest BCUT2D eigenvalue weighted by atomic mass is 9.90. The molecule has 0 bridgehead atoms. The van der Waals surface area contributed by atoms with Gasteiger partial charge in [-0.2, -0.15) is 0 Å². The highest BCUT2D eigenvalue weighted by atomic mass is 16.5. The van der Waals surface area contributed by atoms with Crippen molar-refractivity contribution in [3.05, 3.63) is 70.9 Å². The SMILES string of the molecule is CC(=N)N1C(=N)COCc2c1ccc(/C(C=N)=C/N)c2Cc1ccccc1. The Labute approximate surface area is 158 Å². The van der Waals surface area contributed by atoms with Gasteiger partial charge in [0.15, 0.2) is 0 Å². The monoisotopic (exact) mass is 361 g/mol. The topological polar surface area (TPSA) is 110 Å². The first-order valence-electron chi connectivity index (χ1n) is 8.68. The minimum atomic E-state index is 0.148. The zero-order valence-electron chi connectivity index (χ0n) is 15.3. The summed E-state index contributed by atoms with van der Waals surface area (Å²) >= 11 is 0. The highest BCUT2D eigenvalue weighted by Gasteiger charge is 2.25. The van der Waals surface area contributed by atoms with Crippen molar-refractivity contribution in [2.75, 3.05) is 11.5 Å². The lowest BCUT2D eigenvalue weighted by Crippen LogP contribution is -2.36. The molecular formula is C21H23N5O. The lowest BCUT2D eigenvalue weighted by molar-refractivity contribution is 0.159. The number of anilines is 1. The van der Waals surface area contributed by atoms with Crippen LogP contribution in [0.3, 0.4) is 0 Å². The summed E-state index contributed by atoms with van der Waals surface area (Å²) in [5, 5.41) is 24.1. The van der Waals surface area contributed by atoms with Crippen LogP contribution in [0.5, 0.6) is 0 Å². The molecule has 2 aromatic carbocycles. The number of amidine groups is 2. The van der Waals surface area contributed by atoms with Crippen LogP contribution in [-0.4, -0.2) is 24.5 Å². The van der Waals surface area contributed by atoms with Gasteiger partial charge < -0.3 is 15.9 Å². The molecule has 6 heteroatoms. The number of allylic oxidation sites excluding steroid dienone is 1. The maximum Gasteiger partial charge on any atom is 0.132 e. The van der Waals surface area contributed by atoms with Crippen LogP contribution in [0.15, 0.2) is 48.7 Å². The molecule has 6 nitrogen and oxygen atoms in total. The molecule has 0 saturated carbocycles. The molecule has 138 valence electrons. The van der Waals surface area contributed by atoms with Crippen molar-refractivity contribution < 1.29 is 4.74 Å². The Morgan fingerprint density at radius 3 is 2.56 bits per heavy atom. The Morgan fingerprint density at radius 2 is 1.93 bits per heavy atom. The molecule has 27 heavy (non-hydrogen) atoms. The highest BCUT2D eigenvalue weighted by molar-refractivity contribution is 6.17. The van der Waals surface area contributed by atoms with Crippen molar-refractivity contribution in [3.8, 4) is 0 Å². The number of ether oxygens (including phenoxy) is 1. The fourth-order valence-electron chi connectivity index (χ4n) is 3.38. The first-order valence-corrected chi connectivity index (χ1v) is 8.68. The molecule has 0 aromatic heterocycles. The van der Waals surface area contributed by atoms with Crippen LogP contribution >= 0.6 is 0 Å². The van der Waals surface area contributed by atoms with Crippen molar-refractivity contribution >= 4 is 29.1 Å². The number of hydrogen-bond acceptors (Lipinski definition) is 5. The highest BCUT2D eigenvalue weighted by Crippen LogP contribution is 2.34. The van der Waals surface area contributed by atoms with E-state index in [-0.39, 0.29) is 18.3 Å². The van der Waals surface area contributed by atoms with E-state index in [1.807, 2.05) is 30.3 Å². The second-order valence-corrected chi connectivity index (χ2v) is 6.38. The number of hydrogen-bond donors (Lipinski definition) is 4. The van der Waals surface area contributed by atoms with E-state index in [2.05, 4.69) is 12.1 Å². The van der Waals surface area contributed by atoms with E-state index in [0.717, 1.165) is 27.9 Å². The first-order chi connectivity index (χ1) is 13.1. The predicted molar refractivity (Wildman–Crippen MR) is 110 cm³/mol. The van der Waals surface area contributed by atoms with Crippen LogP contribution in [0.25, 0.3) is 5.57 Å². The standard InChI is InChI=1S/C21H23N5O/c1-14(24)26-20-8-7-17(16(10-22)11-23)18(9-15-5-3-2-4-6-15)19(20)12-27-13-21(26)25/h2-8,10-11,22,24-25H,9,12-13,23H2,1H3/b16-11+,22-10?,24-14?,25-21?. The molecule has 1 heterocycles. The third kappa shape index (κ3) is 3.66. The van der Waals surface area contributed by atoms with Crippen LogP contribution in [0.4, 0.5) is 5.69 Å². The van der Waals surface area contributed by atoms with Crippen LogP contribution in [0.1, 0.15) is 29.2 Å². The molecule has 5 N–H and O–H groups in total. The Morgan fingerprint density at radius 1 is 1.19 bits per heavy atom. The van der Waals surface area contributed by atoms with Crippen molar-refractivity contribution in [2.45, 2.75) is 20.0 Å². The number of nitrogens with zero attached hydrogens (tertiary/aromatic N) is 1. The number of nitrogens with two attached hydrogens (primary N) is 1. The maximum absolute atomic E-state index is 8.24. The number of nitrogens with one attached hydrogen (secondary N) is 3. The maximum atomic E-state index is 8.24. The largest absolute Gasteiger partial charge is 0.404 e. The zero-order valence-corrected chi connectivity index (χ0v) is 15.3. The summed E-state index contributed by atoms with van der Waals surface area (Å²) in [5.41, 5.74) is 11.1. The van der Waals surface area contributed by atoms with Gasteiger partial charge in [0.05, 0.1) is 12.3 Å². The fourth-order valence-corrected chi connectivity index (χ4v) is 3.38. The van der Waals surface area contributed by atoms with Gasteiger partial charge in [0.25, 0.3) is 0 Å². The molecule has 3 rings (SSSR count). The van der Waals surface area contributed by atoms with Gasteiger partial charge in [-0.05, 0) is 36.1 Å². The summed E-state index contributed by atoms with van der Waals surface area (Å²) in [7, 11) is 0. The van der Waals surface area contributed by atoms with Gasteiger partial charge in [-0.15, -0.1) is 0 Å². The number of rotatable bonds is 4. The average Bonchev–Trinajstić information content (AvgIpc) is 2.83. The Kier molecular flexibility index (Phi) is 5.47. The molecule has 1 aliphatic rings. The summed E-state index contributed by atoms with van der Waals surface area (Å²) in [6.45, 7) is 2.15. The first kappa shape index (κ1) is 18.5. The van der Waals surface area contributed by atoms with E-state index in [1.54, 1.807) is 11.8 Å². The van der Waals surface area contributed by atoms with E-state index in [0.29, 0.717) is 18.6 Å². The molecule has 2 aromatic rings. The van der Waals surface area contributed by atoms with E-state index < -0.39 is 0 Å². The van der Waals surface area contributed by atoms with E-state index in [1.165, 1.54) is 12.4 Å². The van der Waals surface area contributed by atoms with E-state index in [4.69, 9.17) is 26.7 Å². The number of fused-ring (bicyclic) bond motifs is 1. The fraction of sp³-hybridized carbons (Fsp3) is 0.190.